The first-order valence-electron chi connectivity index (χ1n) is 9.39. The molecule has 1 aliphatic heterocycles. The average Bonchev–Trinajstić information content (AvgIpc) is 3.48. The van der Waals surface area contributed by atoms with Gasteiger partial charge in [-0.15, -0.1) is 0 Å². The number of aryl methyl sites for hydroxylation is 1. The van der Waals surface area contributed by atoms with Crippen molar-refractivity contribution < 1.29 is 9.53 Å². The van der Waals surface area contributed by atoms with Crippen LogP contribution in [0.25, 0.3) is 0 Å². The molecule has 2 aliphatic rings. The van der Waals surface area contributed by atoms with Gasteiger partial charge in [0.25, 0.3) is 0 Å². The van der Waals surface area contributed by atoms with Crippen LogP contribution in [0.4, 0.5) is 0 Å². The zero-order valence-corrected chi connectivity index (χ0v) is 15.5. The van der Waals surface area contributed by atoms with Gasteiger partial charge in [0, 0.05) is 12.6 Å². The van der Waals surface area contributed by atoms with Gasteiger partial charge in [-0.25, -0.2) is 0 Å². The summed E-state index contributed by atoms with van der Waals surface area (Å²) in [7, 11) is 1.68. The minimum atomic E-state index is -0.380. The molecule has 1 atom stereocenters. The number of ether oxygens (including phenoxy) is 1. The largest absolute Gasteiger partial charge is 0.496 e. The molecule has 1 amide bonds. The molecular formula is C22H26N2O2. The molecule has 2 aromatic carbocycles. The molecule has 1 aliphatic carbocycles. The van der Waals surface area contributed by atoms with Crippen molar-refractivity contribution in [2.24, 2.45) is 0 Å². The SMILES string of the molecule is COc1cc(C2(C(=O)NCC3NCCc4ccccc43)CC2)ccc1C. The third-order valence-corrected chi connectivity index (χ3v) is 5.83. The van der Waals surface area contributed by atoms with Gasteiger partial charge in [0.2, 0.25) is 5.91 Å². The standard InChI is InChI=1S/C22H26N2O2/c1-15-7-8-17(13-20(15)26-2)22(10-11-22)21(25)24-14-19-18-6-4-3-5-16(18)9-12-23-19/h3-8,13,19,23H,9-12,14H2,1-2H3,(H,24,25). The molecule has 1 unspecified atom stereocenters. The normalized spacial score (nSPS) is 20.2. The number of carbonyl (C=O) groups is 1. The first kappa shape index (κ1) is 17.1. The molecule has 0 aromatic heterocycles. The summed E-state index contributed by atoms with van der Waals surface area (Å²) in [5.74, 6) is 0.984. The minimum absolute atomic E-state index is 0.133. The smallest absolute Gasteiger partial charge is 0.230 e. The molecule has 136 valence electrons. The molecule has 0 radical (unpaired) electrons. The van der Waals surface area contributed by atoms with Crippen molar-refractivity contribution >= 4 is 5.91 Å². The Morgan fingerprint density at radius 3 is 2.85 bits per heavy atom. The Kier molecular flexibility index (Phi) is 4.45. The summed E-state index contributed by atoms with van der Waals surface area (Å²) in [6.07, 6.45) is 2.85. The number of methoxy groups -OCH3 is 1. The Bertz CT molecular complexity index is 827. The van der Waals surface area contributed by atoms with E-state index in [4.69, 9.17) is 4.74 Å². The van der Waals surface area contributed by atoms with E-state index >= 15 is 0 Å². The second kappa shape index (κ2) is 6.76. The summed E-state index contributed by atoms with van der Waals surface area (Å²) in [4.78, 5) is 13.0. The molecule has 0 bridgehead atoms. The van der Waals surface area contributed by atoms with E-state index in [-0.39, 0.29) is 17.4 Å². The fourth-order valence-corrected chi connectivity index (χ4v) is 4.03. The lowest BCUT2D eigenvalue weighted by atomic mass is 9.92. The second-order valence-electron chi connectivity index (χ2n) is 7.43. The van der Waals surface area contributed by atoms with Crippen molar-refractivity contribution in [2.75, 3.05) is 20.2 Å². The summed E-state index contributed by atoms with van der Waals surface area (Å²) in [6.45, 7) is 3.60. The topological polar surface area (TPSA) is 50.4 Å². The van der Waals surface area contributed by atoms with Gasteiger partial charge in [0.1, 0.15) is 5.75 Å². The predicted molar refractivity (Wildman–Crippen MR) is 103 cm³/mol. The van der Waals surface area contributed by atoms with E-state index in [1.807, 2.05) is 19.1 Å². The molecular weight excluding hydrogens is 324 g/mol. The van der Waals surface area contributed by atoms with Crippen LogP contribution in [0.2, 0.25) is 0 Å². The Balaban J connectivity index is 1.47. The molecule has 4 nitrogen and oxygen atoms in total. The van der Waals surface area contributed by atoms with Gasteiger partial charge in [-0.1, -0.05) is 36.4 Å². The molecule has 2 N–H and O–H groups in total. The fourth-order valence-electron chi connectivity index (χ4n) is 4.03. The van der Waals surface area contributed by atoms with Crippen LogP contribution in [-0.2, 0) is 16.6 Å². The van der Waals surface area contributed by atoms with Crippen molar-refractivity contribution in [3.05, 3.63) is 64.7 Å². The molecule has 26 heavy (non-hydrogen) atoms. The van der Waals surface area contributed by atoms with Gasteiger partial charge >= 0.3 is 0 Å². The Hall–Kier alpha value is -2.33. The number of hydrogen-bond acceptors (Lipinski definition) is 3. The highest BCUT2D eigenvalue weighted by atomic mass is 16.5. The van der Waals surface area contributed by atoms with Crippen molar-refractivity contribution in [1.82, 2.24) is 10.6 Å². The highest BCUT2D eigenvalue weighted by Crippen LogP contribution is 2.49. The number of benzene rings is 2. The van der Waals surface area contributed by atoms with Crippen LogP contribution in [0.1, 0.15) is 41.1 Å². The van der Waals surface area contributed by atoms with Crippen LogP contribution in [0.3, 0.4) is 0 Å². The van der Waals surface area contributed by atoms with E-state index < -0.39 is 0 Å². The summed E-state index contributed by atoms with van der Waals surface area (Å²) in [5, 5.41) is 6.74. The quantitative estimate of drug-likeness (QED) is 0.871. The lowest BCUT2D eigenvalue weighted by Gasteiger charge is -2.28. The van der Waals surface area contributed by atoms with E-state index in [1.165, 1.54) is 11.1 Å². The van der Waals surface area contributed by atoms with Crippen molar-refractivity contribution in [3.63, 3.8) is 0 Å². The number of nitrogens with one attached hydrogen (secondary N) is 2. The fraction of sp³-hybridized carbons (Fsp3) is 0.409. The Morgan fingerprint density at radius 1 is 1.27 bits per heavy atom. The first-order valence-corrected chi connectivity index (χ1v) is 9.39. The van der Waals surface area contributed by atoms with Crippen molar-refractivity contribution in [1.29, 1.82) is 0 Å². The maximum Gasteiger partial charge on any atom is 0.230 e. The van der Waals surface area contributed by atoms with E-state index in [1.54, 1.807) is 7.11 Å². The van der Waals surface area contributed by atoms with Gasteiger partial charge in [0.05, 0.1) is 12.5 Å². The third kappa shape index (κ3) is 2.99. The predicted octanol–water partition coefficient (Wildman–Crippen LogP) is 3.04. The van der Waals surface area contributed by atoms with Crippen LogP contribution >= 0.6 is 0 Å². The van der Waals surface area contributed by atoms with E-state index in [0.29, 0.717) is 6.54 Å². The molecule has 0 spiro atoms. The van der Waals surface area contributed by atoms with Gasteiger partial charge in [-0.2, -0.15) is 0 Å². The van der Waals surface area contributed by atoms with Gasteiger partial charge in [0.15, 0.2) is 0 Å². The van der Waals surface area contributed by atoms with Crippen LogP contribution in [0, 0.1) is 6.92 Å². The number of hydrogen-bond donors (Lipinski definition) is 2. The molecule has 1 fully saturated rings. The van der Waals surface area contributed by atoms with Crippen molar-refractivity contribution in [2.45, 2.75) is 37.6 Å². The molecule has 0 saturated heterocycles. The average molecular weight is 350 g/mol. The zero-order chi connectivity index (χ0) is 18.1. The lowest BCUT2D eigenvalue weighted by molar-refractivity contribution is -0.123. The highest BCUT2D eigenvalue weighted by Gasteiger charge is 2.51. The zero-order valence-electron chi connectivity index (χ0n) is 15.5. The minimum Gasteiger partial charge on any atom is -0.496 e. The van der Waals surface area contributed by atoms with E-state index in [2.05, 4.69) is 41.0 Å². The monoisotopic (exact) mass is 350 g/mol. The molecule has 4 heteroatoms. The second-order valence-corrected chi connectivity index (χ2v) is 7.43. The van der Waals surface area contributed by atoms with E-state index in [0.717, 1.165) is 42.7 Å². The number of rotatable bonds is 5. The summed E-state index contributed by atoms with van der Waals surface area (Å²) in [5.41, 5.74) is 4.47. The van der Waals surface area contributed by atoms with E-state index in [9.17, 15) is 4.79 Å². The van der Waals surface area contributed by atoms with Crippen LogP contribution < -0.4 is 15.4 Å². The lowest BCUT2D eigenvalue weighted by Crippen LogP contribution is -2.42. The number of amides is 1. The number of carbonyl (C=O) groups excluding carboxylic acids is 1. The number of fused-ring (bicyclic) bond motifs is 1. The van der Waals surface area contributed by atoms with Gasteiger partial charge in [-0.3, -0.25) is 4.79 Å². The molecule has 1 heterocycles. The molecule has 1 saturated carbocycles. The molecule has 2 aromatic rings. The third-order valence-electron chi connectivity index (χ3n) is 5.83. The van der Waals surface area contributed by atoms with Crippen molar-refractivity contribution in [3.8, 4) is 5.75 Å². The summed E-state index contributed by atoms with van der Waals surface area (Å²) < 4.78 is 5.44. The van der Waals surface area contributed by atoms with Crippen LogP contribution in [0.15, 0.2) is 42.5 Å². The van der Waals surface area contributed by atoms with Gasteiger partial charge in [-0.05, 0) is 61.1 Å². The summed E-state index contributed by atoms with van der Waals surface area (Å²) in [6, 6.07) is 14.8. The van der Waals surface area contributed by atoms with Crippen LogP contribution in [0.5, 0.6) is 5.75 Å². The first-order chi connectivity index (χ1) is 12.6. The maximum absolute atomic E-state index is 13.0. The van der Waals surface area contributed by atoms with Crippen LogP contribution in [-0.4, -0.2) is 26.1 Å². The highest BCUT2D eigenvalue weighted by molar-refractivity contribution is 5.91. The molecule has 4 rings (SSSR count). The Labute approximate surface area is 155 Å². The maximum atomic E-state index is 13.0. The van der Waals surface area contributed by atoms with Gasteiger partial charge < -0.3 is 15.4 Å². The Morgan fingerprint density at radius 2 is 2.08 bits per heavy atom. The summed E-state index contributed by atoms with van der Waals surface area (Å²) >= 11 is 0.